The lowest BCUT2D eigenvalue weighted by molar-refractivity contribution is 1.07. The Kier molecular flexibility index (Phi) is 4.85. The predicted octanol–water partition coefficient (Wildman–Crippen LogP) is 13.3. The van der Waals surface area contributed by atoms with Gasteiger partial charge >= 0.3 is 0 Å². The Hall–Kier alpha value is -7.23. The van der Waals surface area contributed by atoms with E-state index in [-0.39, 0.29) is 50.0 Å². The van der Waals surface area contributed by atoms with Crippen LogP contribution in [0.25, 0.3) is 99.9 Å². The highest BCUT2D eigenvalue weighted by Gasteiger charge is 2.14. The first-order chi connectivity index (χ1) is 33.0. The predicted molar refractivity (Wildman–Crippen MR) is 225 cm³/mol. The maximum Gasteiger partial charge on any atom is 0.164 e. The van der Waals surface area contributed by atoms with Gasteiger partial charge in [-0.1, -0.05) is 194 Å². The zero-order valence-electron chi connectivity index (χ0n) is 43.2. The monoisotopic (exact) mass is 702 g/mol. The molecule has 3 heteroatoms. The van der Waals surface area contributed by atoms with Gasteiger partial charge in [0, 0.05) is 16.7 Å². The zero-order chi connectivity index (χ0) is 48.9. The Labute approximate surface area is 335 Å². The fourth-order valence-electron chi connectivity index (χ4n) is 6.46. The molecule has 3 nitrogen and oxygen atoms in total. The summed E-state index contributed by atoms with van der Waals surface area (Å²) in [6.07, 6.45) is 0. The Bertz CT molecular complexity index is 3740. The van der Waals surface area contributed by atoms with Crippen LogP contribution >= 0.6 is 0 Å². The van der Waals surface area contributed by atoms with Gasteiger partial charge in [0.1, 0.15) is 0 Å². The van der Waals surface area contributed by atoms with Gasteiger partial charge in [-0.3, -0.25) is 0 Å². The number of benzene rings is 9. The van der Waals surface area contributed by atoms with Crippen LogP contribution in [0.4, 0.5) is 0 Å². The molecule has 0 atom stereocenters. The molecule has 0 bridgehead atoms. The summed E-state index contributed by atoms with van der Waals surface area (Å²) < 4.78 is 135. The molecule has 0 aliphatic carbocycles. The molecule has 0 amide bonds. The van der Waals surface area contributed by atoms with Crippen LogP contribution in [0.15, 0.2) is 200 Å². The molecule has 0 fully saturated rings. The summed E-state index contributed by atoms with van der Waals surface area (Å²) in [6, 6.07) is 24.0. The van der Waals surface area contributed by atoms with Crippen molar-refractivity contribution in [3.8, 4) is 67.5 Å². The fraction of sp³-hybridized carbons (Fsp3) is 0. The molecule has 252 valence electrons. The van der Waals surface area contributed by atoms with Gasteiger partial charge in [0.2, 0.25) is 0 Å². The SMILES string of the molecule is [2H]c1c([2H])c(-c2c([2H])c([2H])c3c4c([2H])c([2H])c([2H])c([2H])c4c4c([2H])c([2H])c([2H])c([2H])c4c3c2[2H])c([2H])c([2H])c1-c1nc(-c2ccccc2)nc(-c2ccc(-c3ccc(-c4ccccc4)cc3)cc2)n1. The van der Waals surface area contributed by atoms with E-state index in [1.165, 1.54) is 0 Å². The first-order valence-corrected chi connectivity index (χ1v) is 17.1. The molecular formula is C51H33N3. The minimum Gasteiger partial charge on any atom is -0.208 e. The fourth-order valence-corrected chi connectivity index (χ4v) is 6.46. The molecule has 0 saturated carbocycles. The molecule has 10 rings (SSSR count). The lowest BCUT2D eigenvalue weighted by Gasteiger charge is -2.12. The van der Waals surface area contributed by atoms with Gasteiger partial charge in [-0.15, -0.1) is 0 Å². The average molecular weight is 703 g/mol. The first kappa shape index (κ1) is 19.6. The number of nitrogens with zero attached hydrogens (tertiary/aromatic N) is 3. The van der Waals surface area contributed by atoms with Crippen LogP contribution in [-0.4, -0.2) is 15.0 Å². The third-order valence-corrected chi connectivity index (χ3v) is 9.17. The number of fused-ring (bicyclic) bond motifs is 6. The third-order valence-electron chi connectivity index (χ3n) is 9.17. The van der Waals surface area contributed by atoms with Gasteiger partial charge in [-0.05, 0) is 71.7 Å². The van der Waals surface area contributed by atoms with E-state index in [1.807, 2.05) is 84.9 Å². The molecule has 1 aromatic heterocycles. The van der Waals surface area contributed by atoms with E-state index in [4.69, 9.17) is 20.9 Å². The third kappa shape index (κ3) is 5.78. The van der Waals surface area contributed by atoms with Crippen LogP contribution in [0.5, 0.6) is 0 Å². The Morgan fingerprint density at radius 2 is 0.593 bits per heavy atom. The van der Waals surface area contributed by atoms with Crippen LogP contribution in [0.2, 0.25) is 0 Å². The van der Waals surface area contributed by atoms with Crippen molar-refractivity contribution in [2.45, 2.75) is 0 Å². The second kappa shape index (κ2) is 13.4. The highest BCUT2D eigenvalue weighted by atomic mass is 15.0. The summed E-state index contributed by atoms with van der Waals surface area (Å²) in [4.78, 5) is 14.1. The largest absolute Gasteiger partial charge is 0.208 e. The van der Waals surface area contributed by atoms with Crippen molar-refractivity contribution in [1.29, 1.82) is 0 Å². The van der Waals surface area contributed by atoms with E-state index in [2.05, 4.69) is 4.98 Å². The normalized spacial score (nSPS) is 15.2. The molecule has 54 heavy (non-hydrogen) atoms. The summed E-state index contributed by atoms with van der Waals surface area (Å²) in [5.74, 6) is 0.138. The van der Waals surface area contributed by atoms with Crippen molar-refractivity contribution < 1.29 is 20.6 Å². The molecular weight excluding hydrogens is 655 g/mol. The van der Waals surface area contributed by atoms with E-state index in [0.717, 1.165) is 22.3 Å². The van der Waals surface area contributed by atoms with Gasteiger partial charge < -0.3 is 0 Å². The Balaban J connectivity index is 1.17. The van der Waals surface area contributed by atoms with Crippen molar-refractivity contribution in [3.63, 3.8) is 0 Å². The topological polar surface area (TPSA) is 38.7 Å². The molecule has 0 spiro atoms. The summed E-state index contributed by atoms with van der Waals surface area (Å²) in [5.41, 5.74) is 3.75. The van der Waals surface area contributed by atoms with Crippen molar-refractivity contribution in [3.05, 3.63) is 200 Å². The second-order valence-electron chi connectivity index (χ2n) is 12.4. The number of hydrogen-bond donors (Lipinski definition) is 0. The minimum absolute atomic E-state index is 0.169. The van der Waals surface area contributed by atoms with Gasteiger partial charge in [0.25, 0.3) is 0 Å². The summed E-state index contributed by atoms with van der Waals surface area (Å²) >= 11 is 0. The summed E-state index contributed by atoms with van der Waals surface area (Å²) in [7, 11) is 0. The zero-order valence-corrected chi connectivity index (χ0v) is 28.2. The van der Waals surface area contributed by atoms with E-state index < -0.39 is 107 Å². The molecule has 0 unspecified atom stereocenters. The molecule has 9 aromatic carbocycles. The minimum atomic E-state index is -0.778. The van der Waals surface area contributed by atoms with Gasteiger partial charge in [-0.25, -0.2) is 15.0 Å². The lowest BCUT2D eigenvalue weighted by Crippen LogP contribution is -2.00. The van der Waals surface area contributed by atoms with Gasteiger partial charge in [-0.2, -0.15) is 0 Å². The van der Waals surface area contributed by atoms with Crippen molar-refractivity contribution in [1.82, 2.24) is 15.0 Å². The number of rotatable bonds is 6. The maximum absolute atomic E-state index is 9.63. The summed E-state index contributed by atoms with van der Waals surface area (Å²) in [5, 5.41) is -2.18. The molecule has 0 aliphatic heterocycles. The van der Waals surface area contributed by atoms with Crippen LogP contribution < -0.4 is 0 Å². The molecule has 0 aliphatic rings. The quantitative estimate of drug-likeness (QED) is 0.162. The lowest BCUT2D eigenvalue weighted by atomic mass is 9.92. The summed E-state index contributed by atoms with van der Waals surface area (Å²) in [6.45, 7) is 0. The molecule has 0 saturated heterocycles. The first-order valence-electron chi connectivity index (χ1n) is 24.6. The average Bonchev–Trinajstić information content (AvgIpc) is 3.37. The molecule has 1 heterocycles. The van der Waals surface area contributed by atoms with Crippen LogP contribution in [0.1, 0.15) is 20.6 Å². The van der Waals surface area contributed by atoms with E-state index in [1.54, 1.807) is 24.3 Å². The molecule has 0 N–H and O–H groups in total. The smallest absolute Gasteiger partial charge is 0.164 e. The standard InChI is InChI=1S/C51H33N3/c1-3-11-34(12-4-1)35-19-21-36(22-20-35)37-23-27-40(28-24-37)50-52-49(39-13-5-2-6-14-39)53-51(54-50)41-29-25-38(26-30-41)42-31-32-47-45-17-8-7-15-43(45)44-16-9-10-18-46(44)48(47)33-42/h1-33H/i7D,8D,9D,10D,15D,16D,17D,18D,25D,26D,29D,30D,31D,32D,33D. The highest BCUT2D eigenvalue weighted by Crippen LogP contribution is 2.37. The van der Waals surface area contributed by atoms with Crippen LogP contribution in [0.3, 0.4) is 0 Å². The van der Waals surface area contributed by atoms with Crippen LogP contribution in [0, 0.1) is 0 Å². The Morgan fingerprint density at radius 1 is 0.259 bits per heavy atom. The maximum atomic E-state index is 9.63. The van der Waals surface area contributed by atoms with E-state index in [0.29, 0.717) is 11.1 Å². The van der Waals surface area contributed by atoms with E-state index in [9.17, 15) is 9.60 Å². The van der Waals surface area contributed by atoms with Gasteiger partial charge in [0.05, 0.1) is 20.6 Å². The number of hydrogen-bond acceptors (Lipinski definition) is 3. The van der Waals surface area contributed by atoms with Crippen molar-refractivity contribution >= 4 is 32.3 Å². The van der Waals surface area contributed by atoms with E-state index >= 15 is 0 Å². The van der Waals surface area contributed by atoms with Crippen molar-refractivity contribution in [2.75, 3.05) is 0 Å². The van der Waals surface area contributed by atoms with Crippen LogP contribution in [-0.2, 0) is 0 Å². The van der Waals surface area contributed by atoms with Crippen molar-refractivity contribution in [2.24, 2.45) is 0 Å². The molecule has 0 radical (unpaired) electrons. The number of aromatic nitrogens is 3. The highest BCUT2D eigenvalue weighted by molar-refractivity contribution is 6.25. The Morgan fingerprint density at radius 3 is 1.09 bits per heavy atom. The van der Waals surface area contributed by atoms with Gasteiger partial charge in [0.15, 0.2) is 17.5 Å². The second-order valence-corrected chi connectivity index (χ2v) is 12.4. The molecule has 10 aromatic rings.